The highest BCUT2D eigenvalue weighted by atomic mass is 16.2. The molecule has 22 heavy (non-hydrogen) atoms. The summed E-state index contributed by atoms with van der Waals surface area (Å²) in [6, 6.07) is 15.2. The third kappa shape index (κ3) is 4.45. The highest BCUT2D eigenvalue weighted by molar-refractivity contribution is 5.97. The summed E-state index contributed by atoms with van der Waals surface area (Å²) in [6.45, 7) is 1.81. The lowest BCUT2D eigenvalue weighted by atomic mass is 10.1. The van der Waals surface area contributed by atoms with E-state index in [2.05, 4.69) is 17.4 Å². The van der Waals surface area contributed by atoms with Gasteiger partial charge in [-0.3, -0.25) is 9.59 Å². The summed E-state index contributed by atoms with van der Waals surface area (Å²) >= 11 is 0. The van der Waals surface area contributed by atoms with Crippen LogP contribution in [0.3, 0.4) is 0 Å². The molecule has 0 fully saturated rings. The molecule has 4 heteroatoms. The number of rotatable bonds is 6. The molecule has 0 bridgehead atoms. The molecule has 0 aliphatic heterocycles. The predicted molar refractivity (Wildman–Crippen MR) is 87.7 cm³/mol. The van der Waals surface area contributed by atoms with Gasteiger partial charge in [0.05, 0.1) is 0 Å². The van der Waals surface area contributed by atoms with Crippen LogP contribution in [0.1, 0.15) is 34.3 Å². The van der Waals surface area contributed by atoms with Crippen molar-refractivity contribution in [2.75, 3.05) is 5.32 Å². The van der Waals surface area contributed by atoms with E-state index in [0.29, 0.717) is 17.7 Å². The van der Waals surface area contributed by atoms with Crippen LogP contribution in [0.25, 0.3) is 0 Å². The van der Waals surface area contributed by atoms with E-state index >= 15 is 0 Å². The number of carbonyl (C=O) groups excluding carboxylic acids is 2. The average molecular weight is 296 g/mol. The van der Waals surface area contributed by atoms with Gasteiger partial charge in [0.15, 0.2) is 0 Å². The minimum absolute atomic E-state index is 0.0600. The smallest absolute Gasteiger partial charge is 0.249 e. The molecule has 3 N–H and O–H groups in total. The molecule has 0 atom stereocenters. The largest absolute Gasteiger partial charge is 0.366 e. The molecule has 0 radical (unpaired) electrons. The van der Waals surface area contributed by atoms with Gasteiger partial charge in [-0.15, -0.1) is 0 Å². The van der Waals surface area contributed by atoms with Crippen LogP contribution in [-0.4, -0.2) is 11.8 Å². The molecular formula is C18H20N2O2. The summed E-state index contributed by atoms with van der Waals surface area (Å²) in [7, 11) is 0. The molecule has 2 amide bonds. The van der Waals surface area contributed by atoms with E-state index in [1.54, 1.807) is 18.2 Å². The van der Waals surface area contributed by atoms with Crippen molar-refractivity contribution >= 4 is 17.5 Å². The van der Waals surface area contributed by atoms with Crippen LogP contribution in [0.15, 0.2) is 48.5 Å². The summed E-state index contributed by atoms with van der Waals surface area (Å²) in [5, 5.41) is 2.80. The molecule has 0 aromatic heterocycles. The number of amides is 2. The van der Waals surface area contributed by atoms with E-state index < -0.39 is 5.91 Å². The zero-order valence-corrected chi connectivity index (χ0v) is 12.6. The molecule has 0 aliphatic carbocycles. The first-order chi connectivity index (χ1) is 10.6. The minimum Gasteiger partial charge on any atom is -0.366 e. The first-order valence-corrected chi connectivity index (χ1v) is 7.30. The zero-order valence-electron chi connectivity index (χ0n) is 12.6. The van der Waals surface area contributed by atoms with Crippen molar-refractivity contribution in [3.8, 4) is 0 Å². The SMILES string of the molecule is Cc1ccc(NC(=O)CCCc2ccccc2)cc1C(N)=O. The lowest BCUT2D eigenvalue weighted by Gasteiger charge is -2.08. The molecule has 4 nitrogen and oxygen atoms in total. The summed E-state index contributed by atoms with van der Waals surface area (Å²) in [6.07, 6.45) is 2.09. The Hall–Kier alpha value is -2.62. The fourth-order valence-electron chi connectivity index (χ4n) is 2.29. The van der Waals surface area contributed by atoms with Crippen LogP contribution in [0, 0.1) is 6.92 Å². The van der Waals surface area contributed by atoms with Crippen LogP contribution in [0.2, 0.25) is 0 Å². The van der Waals surface area contributed by atoms with Crippen molar-refractivity contribution in [2.24, 2.45) is 5.73 Å². The second-order valence-corrected chi connectivity index (χ2v) is 5.28. The monoisotopic (exact) mass is 296 g/mol. The molecule has 0 spiro atoms. The van der Waals surface area contributed by atoms with E-state index in [1.807, 2.05) is 25.1 Å². The number of benzene rings is 2. The minimum atomic E-state index is -0.488. The van der Waals surface area contributed by atoms with Gasteiger partial charge in [-0.05, 0) is 43.0 Å². The van der Waals surface area contributed by atoms with Crippen molar-refractivity contribution in [3.63, 3.8) is 0 Å². The quantitative estimate of drug-likeness (QED) is 0.860. The maximum atomic E-state index is 11.9. The van der Waals surface area contributed by atoms with Crippen molar-refractivity contribution in [2.45, 2.75) is 26.2 Å². The van der Waals surface area contributed by atoms with Crippen molar-refractivity contribution in [1.29, 1.82) is 0 Å². The van der Waals surface area contributed by atoms with Gasteiger partial charge in [0.25, 0.3) is 0 Å². The Kier molecular flexibility index (Phi) is 5.31. The number of nitrogens with one attached hydrogen (secondary N) is 1. The number of anilines is 1. The number of aryl methyl sites for hydroxylation is 2. The summed E-state index contributed by atoms with van der Waals surface area (Å²) < 4.78 is 0. The standard InChI is InChI=1S/C18H20N2O2/c1-13-10-11-15(12-16(13)18(19)22)20-17(21)9-5-8-14-6-3-2-4-7-14/h2-4,6-7,10-12H,5,8-9H2,1H3,(H2,19,22)(H,20,21). The molecule has 0 saturated carbocycles. The molecule has 2 rings (SSSR count). The topological polar surface area (TPSA) is 72.2 Å². The molecule has 0 unspecified atom stereocenters. The Bertz CT molecular complexity index is 666. The molecule has 2 aromatic rings. The van der Waals surface area contributed by atoms with Gasteiger partial charge in [-0.1, -0.05) is 36.4 Å². The van der Waals surface area contributed by atoms with Crippen LogP contribution in [0.5, 0.6) is 0 Å². The van der Waals surface area contributed by atoms with Gasteiger partial charge in [0.1, 0.15) is 0 Å². The highest BCUT2D eigenvalue weighted by Gasteiger charge is 2.08. The van der Waals surface area contributed by atoms with E-state index in [0.717, 1.165) is 18.4 Å². The lowest BCUT2D eigenvalue weighted by molar-refractivity contribution is -0.116. The van der Waals surface area contributed by atoms with Crippen LogP contribution < -0.4 is 11.1 Å². The average Bonchev–Trinajstić information content (AvgIpc) is 2.50. The number of hydrogen-bond donors (Lipinski definition) is 2. The molecular weight excluding hydrogens is 276 g/mol. The normalized spacial score (nSPS) is 10.2. The van der Waals surface area contributed by atoms with E-state index in [-0.39, 0.29) is 5.91 Å². The third-order valence-corrected chi connectivity index (χ3v) is 3.50. The van der Waals surface area contributed by atoms with Crippen LogP contribution in [-0.2, 0) is 11.2 Å². The Labute approximate surface area is 130 Å². The summed E-state index contributed by atoms with van der Waals surface area (Å²) in [4.78, 5) is 23.2. The van der Waals surface area contributed by atoms with Gasteiger partial charge in [0.2, 0.25) is 11.8 Å². The number of primary amides is 1. The third-order valence-electron chi connectivity index (χ3n) is 3.50. The van der Waals surface area contributed by atoms with Gasteiger partial charge < -0.3 is 11.1 Å². The van der Waals surface area contributed by atoms with Crippen molar-refractivity contribution < 1.29 is 9.59 Å². The van der Waals surface area contributed by atoms with Gasteiger partial charge in [0, 0.05) is 17.7 Å². The van der Waals surface area contributed by atoms with Gasteiger partial charge in [-0.25, -0.2) is 0 Å². The first kappa shape index (κ1) is 15.8. The summed E-state index contributed by atoms with van der Waals surface area (Å²) in [5.74, 6) is -0.548. The van der Waals surface area contributed by atoms with Crippen LogP contribution in [0.4, 0.5) is 5.69 Å². The van der Waals surface area contributed by atoms with Crippen molar-refractivity contribution in [3.05, 3.63) is 65.2 Å². The van der Waals surface area contributed by atoms with Crippen molar-refractivity contribution in [1.82, 2.24) is 0 Å². The Morgan fingerprint density at radius 3 is 2.50 bits per heavy atom. The Balaban J connectivity index is 1.87. The number of carbonyl (C=O) groups is 2. The lowest BCUT2D eigenvalue weighted by Crippen LogP contribution is -2.15. The predicted octanol–water partition coefficient (Wildman–Crippen LogP) is 3.06. The second-order valence-electron chi connectivity index (χ2n) is 5.28. The first-order valence-electron chi connectivity index (χ1n) is 7.30. The fraction of sp³-hybridized carbons (Fsp3) is 0.222. The Morgan fingerprint density at radius 2 is 1.82 bits per heavy atom. The van der Waals surface area contributed by atoms with E-state index in [9.17, 15) is 9.59 Å². The zero-order chi connectivity index (χ0) is 15.9. The molecule has 0 saturated heterocycles. The Morgan fingerprint density at radius 1 is 1.09 bits per heavy atom. The molecule has 114 valence electrons. The van der Waals surface area contributed by atoms with Gasteiger partial charge in [-0.2, -0.15) is 0 Å². The van der Waals surface area contributed by atoms with E-state index in [1.165, 1.54) is 5.56 Å². The molecule has 2 aromatic carbocycles. The van der Waals surface area contributed by atoms with Crippen LogP contribution >= 0.6 is 0 Å². The maximum Gasteiger partial charge on any atom is 0.249 e. The maximum absolute atomic E-state index is 11.9. The number of nitrogens with two attached hydrogens (primary N) is 1. The summed E-state index contributed by atoms with van der Waals surface area (Å²) in [5.41, 5.74) is 8.37. The van der Waals surface area contributed by atoms with Gasteiger partial charge >= 0.3 is 0 Å². The molecule has 0 heterocycles. The number of hydrogen-bond acceptors (Lipinski definition) is 2. The van der Waals surface area contributed by atoms with E-state index in [4.69, 9.17) is 5.73 Å². The highest BCUT2D eigenvalue weighted by Crippen LogP contribution is 2.15. The second kappa shape index (κ2) is 7.41. The fourth-order valence-corrected chi connectivity index (χ4v) is 2.29. The molecule has 0 aliphatic rings.